The molecule has 2 heterocycles. The zero-order valence-corrected chi connectivity index (χ0v) is 18.1. The average molecular weight is 422 g/mol. The number of aromatic nitrogens is 1. The summed E-state index contributed by atoms with van der Waals surface area (Å²) < 4.78 is 5.43. The third kappa shape index (κ3) is 5.53. The number of carbonyl (C=O) groups is 1. The third-order valence-corrected chi connectivity index (χ3v) is 6.20. The lowest BCUT2D eigenvalue weighted by atomic mass is 10.1. The van der Waals surface area contributed by atoms with E-state index in [1.54, 1.807) is 16.2 Å². The Hall–Kier alpha value is -2.54. The predicted octanol–water partition coefficient (Wildman–Crippen LogP) is 3.84. The number of hydrogen-bond donors (Lipinski definition) is 0. The molecule has 1 amide bonds. The fourth-order valence-electron chi connectivity index (χ4n) is 3.58. The van der Waals surface area contributed by atoms with Gasteiger partial charge in [0.05, 0.1) is 25.3 Å². The Balaban J connectivity index is 1.37. The molecule has 6 heteroatoms. The van der Waals surface area contributed by atoms with E-state index in [-0.39, 0.29) is 5.91 Å². The number of rotatable bonds is 7. The molecule has 4 rings (SSSR count). The van der Waals surface area contributed by atoms with Crippen LogP contribution in [0.5, 0.6) is 0 Å². The van der Waals surface area contributed by atoms with Crippen LogP contribution in [0, 0.1) is 0 Å². The molecule has 0 N–H and O–H groups in total. The molecule has 1 aliphatic heterocycles. The maximum atomic E-state index is 12.6. The normalized spacial score (nSPS) is 14.6. The van der Waals surface area contributed by atoms with Gasteiger partial charge in [-0.05, 0) is 17.2 Å². The minimum Gasteiger partial charge on any atom is -0.379 e. The quantitative estimate of drug-likeness (QED) is 0.581. The highest BCUT2D eigenvalue weighted by atomic mass is 32.1. The number of thiazole rings is 1. The van der Waals surface area contributed by atoms with Crippen LogP contribution >= 0.6 is 11.3 Å². The molecule has 0 saturated carbocycles. The predicted molar refractivity (Wildman–Crippen MR) is 120 cm³/mol. The monoisotopic (exact) mass is 421 g/mol. The number of carbonyl (C=O) groups excluding carboxylic acids is 1. The summed E-state index contributed by atoms with van der Waals surface area (Å²) in [6.07, 6.45) is 0.327. The van der Waals surface area contributed by atoms with Gasteiger partial charge in [-0.2, -0.15) is 0 Å². The Morgan fingerprint density at radius 1 is 1.10 bits per heavy atom. The molecule has 1 aliphatic rings. The highest BCUT2D eigenvalue weighted by molar-refractivity contribution is 7.13. The summed E-state index contributed by atoms with van der Waals surface area (Å²) in [4.78, 5) is 21.5. The van der Waals surface area contributed by atoms with Gasteiger partial charge < -0.3 is 9.64 Å². The van der Waals surface area contributed by atoms with Crippen LogP contribution < -0.4 is 0 Å². The van der Waals surface area contributed by atoms with Crippen LogP contribution in [0.4, 0.5) is 0 Å². The van der Waals surface area contributed by atoms with Crippen LogP contribution in [0.15, 0.2) is 60.0 Å². The van der Waals surface area contributed by atoms with Gasteiger partial charge in [-0.15, -0.1) is 11.3 Å². The van der Waals surface area contributed by atoms with Crippen molar-refractivity contribution in [2.75, 3.05) is 33.4 Å². The van der Waals surface area contributed by atoms with Crippen LogP contribution in [0.3, 0.4) is 0 Å². The van der Waals surface area contributed by atoms with Gasteiger partial charge in [0.2, 0.25) is 5.91 Å². The number of amides is 1. The summed E-state index contributed by atoms with van der Waals surface area (Å²) in [6.45, 7) is 5.11. The van der Waals surface area contributed by atoms with Gasteiger partial charge in [0.25, 0.3) is 0 Å². The van der Waals surface area contributed by atoms with E-state index in [1.807, 2.05) is 42.8 Å². The topological polar surface area (TPSA) is 45.7 Å². The summed E-state index contributed by atoms with van der Waals surface area (Å²) in [7, 11) is 1.84. The molecule has 5 nitrogen and oxygen atoms in total. The molecule has 1 aromatic heterocycles. The number of likely N-dealkylation sites (N-methyl/N-ethyl adjacent to an activating group) is 1. The summed E-state index contributed by atoms with van der Waals surface area (Å²) in [5, 5.41) is 2.96. The van der Waals surface area contributed by atoms with Gasteiger partial charge in [-0.25, -0.2) is 4.98 Å². The highest BCUT2D eigenvalue weighted by Gasteiger charge is 2.14. The Kier molecular flexibility index (Phi) is 6.89. The molecule has 1 saturated heterocycles. The lowest BCUT2D eigenvalue weighted by Gasteiger charge is -2.26. The van der Waals surface area contributed by atoms with E-state index < -0.39 is 0 Å². The molecule has 3 aromatic rings. The molecule has 30 heavy (non-hydrogen) atoms. The Bertz CT molecular complexity index is 967. The Morgan fingerprint density at radius 2 is 1.87 bits per heavy atom. The van der Waals surface area contributed by atoms with Gasteiger partial charge >= 0.3 is 0 Å². The van der Waals surface area contributed by atoms with Crippen LogP contribution in [0.2, 0.25) is 0 Å². The molecule has 2 aromatic carbocycles. The lowest BCUT2D eigenvalue weighted by Crippen LogP contribution is -2.35. The second-order valence-corrected chi connectivity index (χ2v) is 8.50. The summed E-state index contributed by atoms with van der Waals surface area (Å²) in [6, 6.07) is 18.6. The first-order valence-electron chi connectivity index (χ1n) is 10.3. The van der Waals surface area contributed by atoms with E-state index in [4.69, 9.17) is 9.72 Å². The molecule has 1 fully saturated rings. The van der Waals surface area contributed by atoms with Gasteiger partial charge in [0.1, 0.15) is 5.01 Å². The standard InChI is InChI=1S/C24H27N3O2S/c1-26(16-19-6-3-2-4-7-19)23(28)15-22-18-30-24(25-22)21-9-5-8-20(14-21)17-27-10-12-29-13-11-27/h2-9,14,18H,10-13,15-17H2,1H3. The molecule has 0 bridgehead atoms. The van der Waals surface area contributed by atoms with E-state index in [9.17, 15) is 4.79 Å². The van der Waals surface area contributed by atoms with Crippen LogP contribution in [-0.2, 0) is 29.0 Å². The molecule has 0 aliphatic carbocycles. The molecule has 0 radical (unpaired) electrons. The zero-order chi connectivity index (χ0) is 20.8. The molecule has 0 atom stereocenters. The van der Waals surface area contributed by atoms with Crippen molar-refractivity contribution in [3.05, 3.63) is 76.8 Å². The third-order valence-electron chi connectivity index (χ3n) is 5.26. The number of benzene rings is 2. The van der Waals surface area contributed by atoms with E-state index >= 15 is 0 Å². The van der Waals surface area contributed by atoms with Crippen LogP contribution in [0.1, 0.15) is 16.8 Å². The van der Waals surface area contributed by atoms with Crippen molar-refractivity contribution < 1.29 is 9.53 Å². The van der Waals surface area contributed by atoms with Crippen molar-refractivity contribution in [3.8, 4) is 10.6 Å². The molecule has 0 spiro atoms. The van der Waals surface area contributed by atoms with Gasteiger partial charge in [0, 0.05) is 44.2 Å². The van der Waals surface area contributed by atoms with Crippen molar-refractivity contribution in [2.45, 2.75) is 19.5 Å². The first-order valence-corrected chi connectivity index (χ1v) is 11.2. The van der Waals surface area contributed by atoms with E-state index in [2.05, 4.69) is 29.2 Å². The lowest BCUT2D eigenvalue weighted by molar-refractivity contribution is -0.129. The maximum Gasteiger partial charge on any atom is 0.228 e. The van der Waals surface area contributed by atoms with Crippen molar-refractivity contribution in [1.82, 2.24) is 14.8 Å². The van der Waals surface area contributed by atoms with Gasteiger partial charge in [-0.1, -0.05) is 48.5 Å². The van der Waals surface area contributed by atoms with E-state index in [1.165, 1.54) is 5.56 Å². The molecule has 156 valence electrons. The summed E-state index contributed by atoms with van der Waals surface area (Å²) in [5.74, 6) is 0.0803. The van der Waals surface area contributed by atoms with Crippen molar-refractivity contribution >= 4 is 17.2 Å². The largest absolute Gasteiger partial charge is 0.379 e. The van der Waals surface area contributed by atoms with E-state index in [0.717, 1.165) is 54.7 Å². The van der Waals surface area contributed by atoms with Gasteiger partial charge in [-0.3, -0.25) is 9.69 Å². The summed E-state index contributed by atoms with van der Waals surface area (Å²) >= 11 is 1.60. The second kappa shape index (κ2) is 9.98. The van der Waals surface area contributed by atoms with Crippen molar-refractivity contribution in [2.24, 2.45) is 0 Å². The summed E-state index contributed by atoms with van der Waals surface area (Å²) in [5.41, 5.74) is 4.36. The van der Waals surface area contributed by atoms with Crippen molar-refractivity contribution in [1.29, 1.82) is 0 Å². The number of ether oxygens (including phenoxy) is 1. The smallest absolute Gasteiger partial charge is 0.228 e. The minimum absolute atomic E-state index is 0.0803. The Labute approximate surface area is 181 Å². The minimum atomic E-state index is 0.0803. The zero-order valence-electron chi connectivity index (χ0n) is 17.3. The van der Waals surface area contributed by atoms with E-state index in [0.29, 0.717) is 13.0 Å². The fraction of sp³-hybridized carbons (Fsp3) is 0.333. The van der Waals surface area contributed by atoms with Crippen LogP contribution in [-0.4, -0.2) is 54.0 Å². The SMILES string of the molecule is CN(Cc1ccccc1)C(=O)Cc1csc(-c2cccc(CN3CCOCC3)c2)n1. The number of hydrogen-bond acceptors (Lipinski definition) is 5. The first kappa shape index (κ1) is 20.7. The van der Waals surface area contributed by atoms with Crippen LogP contribution in [0.25, 0.3) is 10.6 Å². The number of nitrogens with zero attached hydrogens (tertiary/aromatic N) is 3. The number of morpholine rings is 1. The first-order chi connectivity index (χ1) is 14.7. The molecular weight excluding hydrogens is 394 g/mol. The maximum absolute atomic E-state index is 12.6. The molecular formula is C24H27N3O2S. The highest BCUT2D eigenvalue weighted by Crippen LogP contribution is 2.25. The van der Waals surface area contributed by atoms with Gasteiger partial charge in [0.15, 0.2) is 0 Å². The fourth-order valence-corrected chi connectivity index (χ4v) is 4.39. The molecule has 0 unspecified atom stereocenters. The van der Waals surface area contributed by atoms with Crippen molar-refractivity contribution in [3.63, 3.8) is 0 Å². The average Bonchev–Trinajstić information content (AvgIpc) is 3.24. The Morgan fingerprint density at radius 3 is 2.67 bits per heavy atom. The second-order valence-electron chi connectivity index (χ2n) is 7.65.